The fraction of sp³-hybridized carbons (Fsp3) is 0.385. The van der Waals surface area contributed by atoms with Gasteiger partial charge in [-0.15, -0.1) is 0 Å². The molecule has 7 heteroatoms. The highest BCUT2D eigenvalue weighted by Crippen LogP contribution is 2.28. The third-order valence-corrected chi connectivity index (χ3v) is 5.63. The van der Waals surface area contributed by atoms with E-state index in [-0.39, 0.29) is 24.0 Å². The second kappa shape index (κ2) is 10.3. The molecule has 2 aromatic heterocycles. The molecule has 0 bridgehead atoms. The Hall–Kier alpha value is -3.66. The molecule has 3 aromatic rings. The molecule has 0 saturated heterocycles. The minimum absolute atomic E-state index is 0.0492. The van der Waals surface area contributed by atoms with Crippen LogP contribution in [0.2, 0.25) is 0 Å². The molecule has 7 nitrogen and oxygen atoms in total. The van der Waals surface area contributed by atoms with Gasteiger partial charge in [0.15, 0.2) is 5.78 Å². The molecule has 3 rings (SSSR count). The number of hydrogen-bond donors (Lipinski definition) is 2. The number of Topliss-reactive ketones (excluding diaryl/α,β-unsaturated/α-hetero) is 1. The quantitative estimate of drug-likeness (QED) is 0.448. The van der Waals surface area contributed by atoms with E-state index in [2.05, 4.69) is 21.4 Å². The summed E-state index contributed by atoms with van der Waals surface area (Å²) in [4.78, 5) is 33.6. The van der Waals surface area contributed by atoms with Crippen molar-refractivity contribution in [1.82, 2.24) is 15.3 Å². The molecule has 1 amide bonds. The minimum Gasteiger partial charge on any atom is -0.496 e. The van der Waals surface area contributed by atoms with Crippen LogP contribution in [0.5, 0.6) is 5.75 Å². The van der Waals surface area contributed by atoms with Gasteiger partial charge in [-0.3, -0.25) is 14.6 Å². The average molecular weight is 447 g/mol. The van der Waals surface area contributed by atoms with Crippen molar-refractivity contribution in [2.24, 2.45) is 11.8 Å². The molecule has 1 aromatic carbocycles. The number of pyridine rings is 1. The third kappa shape index (κ3) is 5.98. The van der Waals surface area contributed by atoms with Crippen molar-refractivity contribution in [2.45, 2.75) is 45.6 Å². The number of rotatable bonds is 10. The summed E-state index contributed by atoms with van der Waals surface area (Å²) in [6.07, 6.45) is 4.26. The van der Waals surface area contributed by atoms with Crippen LogP contribution in [0.25, 0.3) is 10.9 Å². The van der Waals surface area contributed by atoms with E-state index in [4.69, 9.17) is 4.74 Å². The Balaban J connectivity index is 1.78. The Morgan fingerprint density at radius 1 is 1.27 bits per heavy atom. The van der Waals surface area contributed by atoms with Gasteiger partial charge in [-0.1, -0.05) is 26.0 Å². The minimum atomic E-state index is -1.10. The van der Waals surface area contributed by atoms with Crippen LogP contribution in [0, 0.1) is 23.2 Å². The van der Waals surface area contributed by atoms with Gasteiger partial charge in [0.1, 0.15) is 11.3 Å². The number of ether oxygens (including phenoxy) is 1. The van der Waals surface area contributed by atoms with Crippen LogP contribution in [0.4, 0.5) is 0 Å². The highest BCUT2D eigenvalue weighted by Gasteiger charge is 2.32. The maximum absolute atomic E-state index is 13.2. The number of benzene rings is 1. The lowest BCUT2D eigenvalue weighted by Crippen LogP contribution is -2.49. The summed E-state index contributed by atoms with van der Waals surface area (Å²) in [5.74, 6) is -0.103. The zero-order valence-electron chi connectivity index (χ0n) is 19.5. The van der Waals surface area contributed by atoms with Gasteiger partial charge in [-0.05, 0) is 49.1 Å². The lowest BCUT2D eigenvalue weighted by molar-refractivity contribution is -0.126. The molecule has 0 spiro atoms. The summed E-state index contributed by atoms with van der Waals surface area (Å²) in [6, 6.07) is 13.2. The smallest absolute Gasteiger partial charge is 0.224 e. The van der Waals surface area contributed by atoms with Gasteiger partial charge in [-0.2, -0.15) is 5.26 Å². The van der Waals surface area contributed by atoms with E-state index in [1.165, 1.54) is 0 Å². The number of carbonyl (C=O) groups excluding carboxylic acids is 2. The van der Waals surface area contributed by atoms with Crippen molar-refractivity contribution in [3.05, 3.63) is 60.0 Å². The molecule has 33 heavy (non-hydrogen) atoms. The van der Waals surface area contributed by atoms with E-state index in [1.807, 2.05) is 38.1 Å². The van der Waals surface area contributed by atoms with Gasteiger partial charge in [0.05, 0.1) is 18.9 Å². The second-order valence-corrected chi connectivity index (χ2v) is 9.03. The summed E-state index contributed by atoms with van der Waals surface area (Å²) >= 11 is 0. The first kappa shape index (κ1) is 24.0. The summed E-state index contributed by atoms with van der Waals surface area (Å²) in [5, 5.41) is 13.5. The summed E-state index contributed by atoms with van der Waals surface area (Å²) in [7, 11) is 1.59. The molecule has 0 fully saturated rings. The third-order valence-electron chi connectivity index (χ3n) is 5.63. The number of nitrogens with one attached hydrogen (secondary N) is 2. The van der Waals surface area contributed by atoms with E-state index in [9.17, 15) is 14.9 Å². The predicted molar refractivity (Wildman–Crippen MR) is 127 cm³/mol. The normalized spacial score (nSPS) is 13.8. The highest BCUT2D eigenvalue weighted by atomic mass is 16.5. The average Bonchev–Trinajstić information content (AvgIpc) is 3.23. The van der Waals surface area contributed by atoms with Gasteiger partial charge < -0.3 is 15.0 Å². The zero-order valence-corrected chi connectivity index (χ0v) is 19.5. The molecule has 0 radical (unpaired) electrons. The predicted octanol–water partition coefficient (Wildman–Crippen LogP) is 4.45. The molecule has 2 heterocycles. The van der Waals surface area contributed by atoms with Crippen LogP contribution in [0.3, 0.4) is 0 Å². The summed E-state index contributed by atoms with van der Waals surface area (Å²) in [5.41, 5.74) is 0.989. The number of nitrogens with zero attached hydrogens (tertiary/aromatic N) is 2. The highest BCUT2D eigenvalue weighted by molar-refractivity contribution is 6.02. The Morgan fingerprint density at radius 2 is 2.06 bits per heavy atom. The summed E-state index contributed by atoms with van der Waals surface area (Å²) < 4.78 is 5.38. The maximum Gasteiger partial charge on any atom is 0.224 e. The van der Waals surface area contributed by atoms with Gasteiger partial charge in [-0.25, -0.2) is 0 Å². The van der Waals surface area contributed by atoms with Crippen molar-refractivity contribution in [1.29, 1.82) is 5.26 Å². The van der Waals surface area contributed by atoms with Crippen LogP contribution in [-0.2, 0) is 11.2 Å². The molecule has 0 saturated carbocycles. The molecule has 0 aliphatic rings. The monoisotopic (exact) mass is 446 g/mol. The first-order valence-corrected chi connectivity index (χ1v) is 11.1. The van der Waals surface area contributed by atoms with E-state index < -0.39 is 11.5 Å². The van der Waals surface area contributed by atoms with E-state index >= 15 is 0 Å². The topological polar surface area (TPSA) is 108 Å². The van der Waals surface area contributed by atoms with Gasteiger partial charge >= 0.3 is 0 Å². The second-order valence-electron chi connectivity index (χ2n) is 9.03. The Bertz CT molecular complexity index is 1160. The largest absolute Gasteiger partial charge is 0.496 e. The van der Waals surface area contributed by atoms with Crippen molar-refractivity contribution >= 4 is 22.6 Å². The van der Waals surface area contributed by atoms with Crippen molar-refractivity contribution in [2.75, 3.05) is 7.11 Å². The Kier molecular flexibility index (Phi) is 7.49. The molecule has 2 atom stereocenters. The van der Waals surface area contributed by atoms with Crippen LogP contribution in [0.1, 0.15) is 49.7 Å². The standard InChI is InChI=1S/C26H30N4O3/c1-17(2)11-19(25(32)30-26(3,16-27)14-18-7-6-10-28-15-18)12-23(31)22-13-20-21(29-22)8-5-9-24(20)33-4/h5-10,13,15,17,19,29H,11-12,14H2,1-4H3,(H,30,32)/t19-,26?/m1/s1. The number of nitriles is 1. The van der Waals surface area contributed by atoms with Crippen molar-refractivity contribution in [3.63, 3.8) is 0 Å². The zero-order chi connectivity index (χ0) is 24.0. The fourth-order valence-corrected chi connectivity index (χ4v) is 4.04. The molecule has 1 unspecified atom stereocenters. The number of hydrogen-bond acceptors (Lipinski definition) is 5. The summed E-state index contributed by atoms with van der Waals surface area (Å²) in [6.45, 7) is 5.71. The first-order valence-electron chi connectivity index (χ1n) is 11.1. The van der Waals surface area contributed by atoms with E-state index in [1.54, 1.807) is 38.6 Å². The number of H-pyrrole nitrogens is 1. The lowest BCUT2D eigenvalue weighted by atomic mass is 9.88. The molecular formula is C26H30N4O3. The van der Waals surface area contributed by atoms with Gasteiger partial charge in [0.25, 0.3) is 0 Å². The van der Waals surface area contributed by atoms with Crippen LogP contribution in [0.15, 0.2) is 48.8 Å². The maximum atomic E-state index is 13.2. The Morgan fingerprint density at radius 3 is 2.70 bits per heavy atom. The molecule has 0 aliphatic carbocycles. The SMILES string of the molecule is COc1cccc2[nH]c(C(=O)C[C@@H](CC(C)C)C(=O)NC(C)(C#N)Cc3cccnc3)cc12. The Labute approximate surface area is 194 Å². The fourth-order valence-electron chi connectivity index (χ4n) is 4.04. The van der Waals surface area contributed by atoms with Gasteiger partial charge in [0, 0.05) is 42.1 Å². The molecule has 0 aliphatic heterocycles. The molecule has 172 valence electrons. The van der Waals surface area contributed by atoms with Crippen LogP contribution >= 0.6 is 0 Å². The first-order chi connectivity index (χ1) is 15.7. The number of amides is 1. The number of fused-ring (bicyclic) bond motifs is 1. The van der Waals surface area contributed by atoms with Crippen LogP contribution < -0.4 is 10.1 Å². The van der Waals surface area contributed by atoms with Crippen LogP contribution in [-0.4, -0.2) is 34.3 Å². The van der Waals surface area contributed by atoms with Crippen molar-refractivity contribution in [3.8, 4) is 11.8 Å². The number of aromatic nitrogens is 2. The van der Waals surface area contributed by atoms with E-state index in [0.29, 0.717) is 24.3 Å². The lowest BCUT2D eigenvalue weighted by Gasteiger charge is -2.27. The van der Waals surface area contributed by atoms with E-state index in [0.717, 1.165) is 16.5 Å². The number of ketones is 1. The number of aromatic amines is 1. The number of methoxy groups -OCH3 is 1. The molecular weight excluding hydrogens is 416 g/mol. The molecule has 2 N–H and O–H groups in total. The van der Waals surface area contributed by atoms with Crippen molar-refractivity contribution < 1.29 is 14.3 Å². The number of carbonyl (C=O) groups is 2. The van der Waals surface area contributed by atoms with Gasteiger partial charge in [0.2, 0.25) is 5.91 Å².